The van der Waals surface area contributed by atoms with Crippen molar-refractivity contribution in [1.29, 1.82) is 0 Å². The number of aryl methyl sites for hydroxylation is 2. The molecule has 2 aromatic rings. The Morgan fingerprint density at radius 3 is 2.50 bits per heavy atom. The zero-order chi connectivity index (χ0) is 21.1. The highest BCUT2D eigenvalue weighted by Crippen LogP contribution is 2.37. The van der Waals surface area contributed by atoms with E-state index in [1.54, 1.807) is 11.1 Å². The molecule has 8 nitrogen and oxygen atoms in total. The number of hydrogen-bond acceptors (Lipinski definition) is 5. The van der Waals surface area contributed by atoms with Crippen molar-refractivity contribution in [2.24, 2.45) is 0 Å². The minimum absolute atomic E-state index is 0.261. The van der Waals surface area contributed by atoms with Crippen LogP contribution < -0.4 is 10.6 Å². The summed E-state index contributed by atoms with van der Waals surface area (Å²) in [6, 6.07) is 9.83. The fraction of sp³-hybridized carbons (Fsp3) is 0.409. The molecule has 0 spiro atoms. The van der Waals surface area contributed by atoms with Gasteiger partial charge in [-0.25, -0.2) is 9.59 Å². The number of pyridine rings is 1. The number of aromatic nitrogens is 1. The Labute approximate surface area is 176 Å². The average molecular weight is 409 g/mol. The van der Waals surface area contributed by atoms with Crippen LogP contribution in [0.5, 0.6) is 0 Å². The van der Waals surface area contributed by atoms with Gasteiger partial charge in [-0.1, -0.05) is 6.07 Å². The molecule has 8 heteroatoms. The molecule has 1 fully saturated rings. The third kappa shape index (κ3) is 4.38. The fourth-order valence-electron chi connectivity index (χ4n) is 4.22. The summed E-state index contributed by atoms with van der Waals surface area (Å²) in [5, 5.41) is 5.73. The maximum Gasteiger partial charge on any atom is 0.409 e. The second-order valence-electron chi connectivity index (χ2n) is 7.73. The van der Waals surface area contributed by atoms with E-state index in [4.69, 9.17) is 4.74 Å². The molecule has 2 heterocycles. The number of carbonyl (C=O) groups is 2. The van der Waals surface area contributed by atoms with Crippen molar-refractivity contribution in [2.75, 3.05) is 43.9 Å². The molecule has 1 atom stereocenters. The molecule has 0 bridgehead atoms. The average Bonchev–Trinajstić information content (AvgIpc) is 3.18. The SMILES string of the molecule is COC(=O)N1CCN(C2CCc3ccc(NC(=O)Nc4ccc(C)nc4)cc32)CC1. The van der Waals surface area contributed by atoms with Crippen molar-refractivity contribution in [2.45, 2.75) is 25.8 Å². The maximum absolute atomic E-state index is 12.4. The predicted octanol–water partition coefficient (Wildman–Crippen LogP) is 3.41. The van der Waals surface area contributed by atoms with Crippen LogP contribution in [-0.2, 0) is 11.2 Å². The van der Waals surface area contributed by atoms with Crippen molar-refractivity contribution in [3.8, 4) is 0 Å². The molecule has 3 amide bonds. The van der Waals surface area contributed by atoms with Gasteiger partial charge in [0.15, 0.2) is 0 Å². The largest absolute Gasteiger partial charge is 0.453 e. The highest BCUT2D eigenvalue weighted by atomic mass is 16.5. The molecule has 4 rings (SSSR count). The lowest BCUT2D eigenvalue weighted by atomic mass is 10.0. The first-order valence-electron chi connectivity index (χ1n) is 10.2. The van der Waals surface area contributed by atoms with Gasteiger partial charge in [0.25, 0.3) is 0 Å². The van der Waals surface area contributed by atoms with E-state index in [-0.39, 0.29) is 12.1 Å². The number of rotatable bonds is 3. The van der Waals surface area contributed by atoms with Crippen LogP contribution in [0, 0.1) is 6.92 Å². The summed E-state index contributed by atoms with van der Waals surface area (Å²) in [4.78, 5) is 32.4. The zero-order valence-corrected chi connectivity index (χ0v) is 17.4. The van der Waals surface area contributed by atoms with Crippen LogP contribution >= 0.6 is 0 Å². The van der Waals surface area contributed by atoms with E-state index in [1.807, 2.05) is 25.1 Å². The van der Waals surface area contributed by atoms with E-state index in [0.29, 0.717) is 24.8 Å². The minimum Gasteiger partial charge on any atom is -0.453 e. The van der Waals surface area contributed by atoms with Crippen LogP contribution in [0.25, 0.3) is 0 Å². The van der Waals surface area contributed by atoms with Crippen LogP contribution in [0.3, 0.4) is 0 Å². The first kappa shape index (κ1) is 20.2. The number of hydrogen-bond donors (Lipinski definition) is 2. The Hall–Kier alpha value is -3.13. The highest BCUT2D eigenvalue weighted by molar-refractivity contribution is 5.99. The van der Waals surface area contributed by atoms with Crippen molar-refractivity contribution in [3.05, 3.63) is 53.3 Å². The van der Waals surface area contributed by atoms with Crippen LogP contribution in [-0.4, -0.2) is 60.2 Å². The zero-order valence-electron chi connectivity index (χ0n) is 17.4. The summed E-state index contributed by atoms with van der Waals surface area (Å²) in [5.74, 6) is 0. The fourth-order valence-corrected chi connectivity index (χ4v) is 4.22. The normalized spacial score (nSPS) is 18.6. The van der Waals surface area contributed by atoms with Crippen LogP contribution in [0.4, 0.5) is 21.0 Å². The van der Waals surface area contributed by atoms with E-state index < -0.39 is 0 Å². The van der Waals surface area contributed by atoms with Gasteiger partial charge in [-0.3, -0.25) is 9.88 Å². The molecule has 30 heavy (non-hydrogen) atoms. The third-order valence-corrected chi connectivity index (χ3v) is 5.81. The van der Waals surface area contributed by atoms with Gasteiger partial charge < -0.3 is 20.3 Å². The van der Waals surface area contributed by atoms with E-state index in [9.17, 15) is 9.59 Å². The summed E-state index contributed by atoms with van der Waals surface area (Å²) in [7, 11) is 1.42. The van der Waals surface area contributed by atoms with Gasteiger partial charge in [-0.2, -0.15) is 0 Å². The number of anilines is 2. The van der Waals surface area contributed by atoms with Gasteiger partial charge in [0.05, 0.1) is 19.0 Å². The molecule has 0 radical (unpaired) electrons. The lowest BCUT2D eigenvalue weighted by Crippen LogP contribution is -2.49. The number of fused-ring (bicyclic) bond motifs is 1. The van der Waals surface area contributed by atoms with Crippen molar-refractivity contribution in [3.63, 3.8) is 0 Å². The van der Waals surface area contributed by atoms with Gasteiger partial charge in [0.2, 0.25) is 0 Å². The number of piperazine rings is 1. The van der Waals surface area contributed by atoms with Gasteiger partial charge >= 0.3 is 12.1 Å². The minimum atomic E-state index is -0.290. The topological polar surface area (TPSA) is 86.8 Å². The number of carbonyl (C=O) groups excluding carboxylic acids is 2. The summed E-state index contributed by atoms with van der Waals surface area (Å²) >= 11 is 0. The summed E-state index contributed by atoms with van der Waals surface area (Å²) in [5.41, 5.74) is 4.91. The van der Waals surface area contributed by atoms with Gasteiger partial charge in [0.1, 0.15) is 0 Å². The number of nitrogens with one attached hydrogen (secondary N) is 2. The molecule has 158 valence electrons. The Kier molecular flexibility index (Phi) is 5.85. The summed E-state index contributed by atoms with van der Waals surface area (Å²) in [6.45, 7) is 4.88. The van der Waals surface area contributed by atoms with E-state index in [1.165, 1.54) is 18.2 Å². The number of benzene rings is 1. The van der Waals surface area contributed by atoms with E-state index in [0.717, 1.165) is 37.3 Å². The number of nitrogens with zero attached hydrogens (tertiary/aromatic N) is 3. The van der Waals surface area contributed by atoms with Crippen molar-refractivity contribution < 1.29 is 14.3 Å². The Bertz CT molecular complexity index is 923. The lowest BCUT2D eigenvalue weighted by Gasteiger charge is -2.37. The van der Waals surface area contributed by atoms with Gasteiger partial charge in [-0.05, 0) is 55.2 Å². The lowest BCUT2D eigenvalue weighted by molar-refractivity contribution is 0.0746. The van der Waals surface area contributed by atoms with Crippen LogP contribution in [0.1, 0.15) is 29.3 Å². The summed E-state index contributed by atoms with van der Waals surface area (Å²) in [6.07, 6.45) is 3.46. The molecule has 1 aliphatic heterocycles. The Morgan fingerprint density at radius 2 is 1.80 bits per heavy atom. The van der Waals surface area contributed by atoms with Crippen LogP contribution in [0.15, 0.2) is 36.5 Å². The number of methoxy groups -OCH3 is 1. The second-order valence-corrected chi connectivity index (χ2v) is 7.73. The maximum atomic E-state index is 12.4. The van der Waals surface area contributed by atoms with Gasteiger partial charge in [-0.15, -0.1) is 0 Å². The molecule has 1 aromatic heterocycles. The molecule has 0 saturated carbocycles. The van der Waals surface area contributed by atoms with Crippen LogP contribution in [0.2, 0.25) is 0 Å². The molecule has 1 aromatic carbocycles. The number of ether oxygens (including phenoxy) is 1. The molecule has 1 saturated heterocycles. The summed E-state index contributed by atoms with van der Waals surface area (Å²) < 4.78 is 4.83. The van der Waals surface area contributed by atoms with Crippen molar-refractivity contribution in [1.82, 2.24) is 14.8 Å². The second kappa shape index (κ2) is 8.71. The molecular weight excluding hydrogens is 382 g/mol. The van der Waals surface area contributed by atoms with E-state index >= 15 is 0 Å². The van der Waals surface area contributed by atoms with Gasteiger partial charge in [0, 0.05) is 43.6 Å². The first-order valence-corrected chi connectivity index (χ1v) is 10.2. The molecular formula is C22H27N5O3. The molecule has 1 unspecified atom stereocenters. The molecule has 2 N–H and O–H groups in total. The third-order valence-electron chi connectivity index (χ3n) is 5.81. The molecule has 1 aliphatic carbocycles. The Balaban J connectivity index is 1.40. The standard InChI is InChI=1S/C22H27N5O3/c1-15-3-6-18(14-23-15)25-21(28)24-17-7-4-16-5-8-20(19(16)13-17)26-9-11-27(12-10-26)22(29)30-2/h3-4,6-7,13-14,20H,5,8-12H2,1-2H3,(H2,24,25,28). The number of amides is 3. The molecule has 2 aliphatic rings. The first-order chi connectivity index (χ1) is 14.5. The number of urea groups is 1. The highest BCUT2D eigenvalue weighted by Gasteiger charge is 2.31. The van der Waals surface area contributed by atoms with E-state index in [2.05, 4.69) is 32.7 Å². The predicted molar refractivity (Wildman–Crippen MR) is 115 cm³/mol. The Morgan fingerprint density at radius 1 is 1.07 bits per heavy atom. The monoisotopic (exact) mass is 409 g/mol. The smallest absolute Gasteiger partial charge is 0.409 e. The van der Waals surface area contributed by atoms with Crippen molar-refractivity contribution >= 4 is 23.5 Å². The quantitative estimate of drug-likeness (QED) is 0.811.